The second-order valence-electron chi connectivity index (χ2n) is 6.25. The molecule has 0 radical (unpaired) electrons. The van der Waals surface area contributed by atoms with Crippen LogP contribution in [0.5, 0.6) is 5.75 Å². The molecule has 0 aliphatic carbocycles. The van der Waals surface area contributed by atoms with Crippen molar-refractivity contribution in [2.75, 3.05) is 39.5 Å². The Morgan fingerprint density at radius 2 is 1.82 bits per heavy atom. The van der Waals surface area contributed by atoms with Gasteiger partial charge in [0.05, 0.1) is 30.6 Å². The van der Waals surface area contributed by atoms with Crippen molar-refractivity contribution in [3.05, 3.63) is 64.5 Å². The van der Waals surface area contributed by atoms with Crippen LogP contribution < -0.4 is 4.74 Å². The first-order valence-corrected chi connectivity index (χ1v) is 10.7. The van der Waals surface area contributed by atoms with E-state index in [2.05, 4.69) is 4.90 Å². The second kappa shape index (κ2) is 12.2. The lowest BCUT2D eigenvalue weighted by molar-refractivity contribution is 0.0358. The van der Waals surface area contributed by atoms with Crippen molar-refractivity contribution in [1.82, 2.24) is 4.90 Å². The van der Waals surface area contributed by atoms with Crippen molar-refractivity contribution in [2.45, 2.75) is 11.3 Å². The fourth-order valence-corrected chi connectivity index (χ4v) is 3.83. The molecule has 2 aromatic rings. The minimum Gasteiger partial charge on any atom is -0.494 e. The van der Waals surface area contributed by atoms with Crippen LogP contribution in [-0.4, -0.2) is 48.6 Å². The summed E-state index contributed by atoms with van der Waals surface area (Å²) in [6.45, 7) is 5.35. The molecule has 2 aromatic carbocycles. The first-order valence-electron chi connectivity index (χ1n) is 9.09. The monoisotopic (exact) mass is 441 g/mol. The Hall–Kier alpha value is -1.37. The summed E-state index contributed by atoms with van der Waals surface area (Å²) in [5, 5.41) is 2.30. The number of halogens is 2. The highest BCUT2D eigenvalue weighted by atomic mass is 35.5. The molecule has 28 heavy (non-hydrogen) atoms. The van der Waals surface area contributed by atoms with Gasteiger partial charge in [0.2, 0.25) is 0 Å². The van der Waals surface area contributed by atoms with Gasteiger partial charge in [-0.15, -0.1) is 12.4 Å². The Labute approximate surface area is 180 Å². The third kappa shape index (κ3) is 7.22. The van der Waals surface area contributed by atoms with E-state index in [1.54, 1.807) is 11.5 Å². The minimum absolute atomic E-state index is 0. The quantitative estimate of drug-likeness (QED) is 0.559. The summed E-state index contributed by atoms with van der Waals surface area (Å²) in [6.07, 6.45) is 2.77. The lowest BCUT2D eigenvalue weighted by Crippen LogP contribution is -2.37. The van der Waals surface area contributed by atoms with Crippen LogP contribution in [0.15, 0.2) is 58.8 Å². The molecule has 152 valence electrons. The van der Waals surface area contributed by atoms with E-state index >= 15 is 0 Å². The zero-order valence-corrected chi connectivity index (χ0v) is 18.0. The van der Waals surface area contributed by atoms with Gasteiger partial charge in [0, 0.05) is 35.0 Å². The van der Waals surface area contributed by atoms with Gasteiger partial charge in [0.25, 0.3) is 0 Å². The second-order valence-corrected chi connectivity index (χ2v) is 7.99. The molecule has 1 saturated heterocycles. The van der Waals surface area contributed by atoms with Gasteiger partial charge in [-0.25, -0.2) is 4.21 Å². The smallest absolute Gasteiger partial charge is 0.119 e. The number of benzene rings is 2. The summed E-state index contributed by atoms with van der Waals surface area (Å²) in [4.78, 5) is 3.13. The molecule has 1 unspecified atom stereocenters. The van der Waals surface area contributed by atoms with Gasteiger partial charge in [0.15, 0.2) is 0 Å². The molecule has 0 amide bonds. The Morgan fingerprint density at radius 3 is 2.54 bits per heavy atom. The maximum atomic E-state index is 12.4. The highest BCUT2D eigenvalue weighted by Crippen LogP contribution is 2.19. The SMILES string of the molecule is Cl.O=S(/C=C/c1ccccc1Cl)c1ccc(OCCCN2CCOCC2)cc1. The van der Waals surface area contributed by atoms with E-state index in [4.69, 9.17) is 21.1 Å². The van der Waals surface area contributed by atoms with Crippen molar-refractivity contribution >= 4 is 40.9 Å². The molecule has 1 heterocycles. The third-order valence-corrected chi connectivity index (χ3v) is 5.79. The predicted octanol–water partition coefficient (Wildman–Crippen LogP) is 4.64. The number of morpholine rings is 1. The lowest BCUT2D eigenvalue weighted by Gasteiger charge is -2.26. The van der Waals surface area contributed by atoms with Gasteiger partial charge < -0.3 is 9.47 Å². The van der Waals surface area contributed by atoms with Crippen LogP contribution in [0.1, 0.15) is 12.0 Å². The van der Waals surface area contributed by atoms with Gasteiger partial charge in [-0.05, 0) is 48.4 Å². The Bertz CT molecular complexity index is 777. The summed E-state index contributed by atoms with van der Waals surface area (Å²) in [6, 6.07) is 14.9. The molecule has 1 fully saturated rings. The van der Waals surface area contributed by atoms with Crippen LogP contribution in [-0.2, 0) is 15.5 Å². The molecule has 7 heteroatoms. The summed E-state index contributed by atoms with van der Waals surface area (Å²) in [7, 11) is -1.22. The molecule has 0 bridgehead atoms. The summed E-state index contributed by atoms with van der Waals surface area (Å²) in [5.41, 5.74) is 0.854. The molecule has 0 N–H and O–H groups in total. The Kier molecular flexibility index (Phi) is 10.0. The molecule has 1 aliphatic rings. The zero-order valence-electron chi connectivity index (χ0n) is 15.6. The fraction of sp³-hybridized carbons (Fsp3) is 0.333. The average Bonchev–Trinajstić information content (AvgIpc) is 2.72. The molecule has 3 rings (SSSR count). The third-order valence-electron chi connectivity index (χ3n) is 4.32. The predicted molar refractivity (Wildman–Crippen MR) is 118 cm³/mol. The first-order chi connectivity index (χ1) is 13.2. The Balaban J connectivity index is 0.00000280. The summed E-state index contributed by atoms with van der Waals surface area (Å²) >= 11 is 6.11. The van der Waals surface area contributed by atoms with Crippen molar-refractivity contribution < 1.29 is 13.7 Å². The standard InChI is InChI=1S/C21H24ClNO3S.ClH/c22-21-5-2-1-4-18(21)10-17-27(24)20-8-6-19(7-9-20)26-14-3-11-23-12-15-25-16-13-23;/h1-2,4-10,17H,3,11-16H2;1H/b17-10+;. The molecule has 0 aromatic heterocycles. The summed E-state index contributed by atoms with van der Waals surface area (Å²) < 4.78 is 23.5. The molecular weight excluding hydrogens is 417 g/mol. The average molecular weight is 442 g/mol. The highest BCUT2D eigenvalue weighted by molar-refractivity contribution is 7.88. The minimum atomic E-state index is -1.22. The zero-order chi connectivity index (χ0) is 18.9. The van der Waals surface area contributed by atoms with Gasteiger partial charge >= 0.3 is 0 Å². The molecule has 0 spiro atoms. The van der Waals surface area contributed by atoms with Crippen molar-refractivity contribution in [3.8, 4) is 5.75 Å². The summed E-state index contributed by atoms with van der Waals surface area (Å²) in [5.74, 6) is 0.799. The maximum absolute atomic E-state index is 12.4. The van der Waals surface area contributed by atoms with Crippen molar-refractivity contribution in [1.29, 1.82) is 0 Å². The normalized spacial score (nSPS) is 15.9. The van der Waals surface area contributed by atoms with Crippen molar-refractivity contribution in [3.63, 3.8) is 0 Å². The van der Waals surface area contributed by atoms with E-state index < -0.39 is 10.8 Å². The Morgan fingerprint density at radius 1 is 1.11 bits per heavy atom. The van der Waals surface area contributed by atoms with E-state index in [9.17, 15) is 4.21 Å². The van der Waals surface area contributed by atoms with E-state index in [1.165, 1.54) is 0 Å². The largest absolute Gasteiger partial charge is 0.494 e. The van der Waals surface area contributed by atoms with Crippen LogP contribution in [0, 0.1) is 0 Å². The highest BCUT2D eigenvalue weighted by Gasteiger charge is 2.09. The van der Waals surface area contributed by atoms with Gasteiger partial charge in [-0.3, -0.25) is 4.90 Å². The van der Waals surface area contributed by atoms with E-state index in [0.717, 1.165) is 55.5 Å². The topological polar surface area (TPSA) is 38.8 Å². The van der Waals surface area contributed by atoms with Gasteiger partial charge in [-0.1, -0.05) is 29.8 Å². The lowest BCUT2D eigenvalue weighted by atomic mass is 10.2. The van der Waals surface area contributed by atoms with Crippen LogP contribution in [0.4, 0.5) is 0 Å². The van der Waals surface area contributed by atoms with E-state index in [-0.39, 0.29) is 12.4 Å². The number of rotatable bonds is 8. The van der Waals surface area contributed by atoms with E-state index in [1.807, 2.05) is 48.5 Å². The molecular formula is C21H25Cl2NO3S. The molecule has 1 aliphatic heterocycles. The van der Waals surface area contributed by atoms with Gasteiger partial charge in [-0.2, -0.15) is 0 Å². The number of nitrogens with zero attached hydrogens (tertiary/aromatic N) is 1. The van der Waals surface area contributed by atoms with Crippen LogP contribution in [0.3, 0.4) is 0 Å². The molecule has 4 nitrogen and oxygen atoms in total. The molecule has 1 atom stereocenters. The number of hydrogen-bond donors (Lipinski definition) is 0. The first kappa shape index (κ1) is 22.9. The fourth-order valence-electron chi connectivity index (χ4n) is 2.80. The maximum Gasteiger partial charge on any atom is 0.119 e. The number of hydrogen-bond acceptors (Lipinski definition) is 4. The molecule has 0 saturated carbocycles. The van der Waals surface area contributed by atoms with Crippen LogP contribution >= 0.6 is 24.0 Å². The number of ether oxygens (including phenoxy) is 2. The van der Waals surface area contributed by atoms with Crippen LogP contribution in [0.2, 0.25) is 5.02 Å². The van der Waals surface area contributed by atoms with Gasteiger partial charge in [0.1, 0.15) is 5.75 Å². The van der Waals surface area contributed by atoms with Crippen molar-refractivity contribution in [2.24, 2.45) is 0 Å². The van der Waals surface area contributed by atoms with E-state index in [0.29, 0.717) is 11.6 Å². The van der Waals surface area contributed by atoms with Crippen LogP contribution in [0.25, 0.3) is 6.08 Å².